The highest BCUT2D eigenvalue weighted by Gasteiger charge is 2.01. The fourth-order valence-corrected chi connectivity index (χ4v) is 1.93. The molecule has 2 aromatic carbocycles. The zero-order valence-corrected chi connectivity index (χ0v) is 13.6. The third-order valence-electron chi connectivity index (χ3n) is 2.82. The van der Waals surface area contributed by atoms with Crippen molar-refractivity contribution in [2.45, 2.75) is 6.61 Å². The van der Waals surface area contributed by atoms with Crippen molar-refractivity contribution in [1.82, 2.24) is 10.7 Å². The van der Waals surface area contributed by atoms with Gasteiger partial charge in [0, 0.05) is 17.6 Å². The van der Waals surface area contributed by atoms with Crippen molar-refractivity contribution in [3.63, 3.8) is 0 Å². The topological polar surface area (TPSA) is 45.7 Å². The monoisotopic (exact) mass is 333 g/mol. The SMILES string of the molecule is CNC(=S)N/N=C\c1cccc(OCc2ccccc2Cl)c1. The highest BCUT2D eigenvalue weighted by atomic mass is 35.5. The molecule has 4 nitrogen and oxygen atoms in total. The summed E-state index contributed by atoms with van der Waals surface area (Å²) in [6.45, 7) is 0.419. The molecule has 0 fully saturated rings. The summed E-state index contributed by atoms with van der Waals surface area (Å²) in [4.78, 5) is 0. The summed E-state index contributed by atoms with van der Waals surface area (Å²) in [7, 11) is 1.73. The first-order valence-corrected chi connectivity index (χ1v) is 7.44. The lowest BCUT2D eigenvalue weighted by atomic mass is 10.2. The number of benzene rings is 2. The van der Waals surface area contributed by atoms with E-state index in [2.05, 4.69) is 15.8 Å². The van der Waals surface area contributed by atoms with Crippen molar-refractivity contribution in [2.75, 3.05) is 7.05 Å². The lowest BCUT2D eigenvalue weighted by Gasteiger charge is -2.08. The number of halogens is 1. The Morgan fingerprint density at radius 3 is 2.86 bits per heavy atom. The molecule has 0 unspecified atom stereocenters. The molecule has 2 N–H and O–H groups in total. The van der Waals surface area contributed by atoms with Crippen LogP contribution in [0.3, 0.4) is 0 Å². The Hall–Kier alpha value is -2.11. The molecule has 2 rings (SSSR count). The summed E-state index contributed by atoms with van der Waals surface area (Å²) in [6.07, 6.45) is 1.67. The summed E-state index contributed by atoms with van der Waals surface area (Å²) in [6, 6.07) is 15.2. The average molecular weight is 334 g/mol. The highest BCUT2D eigenvalue weighted by molar-refractivity contribution is 7.80. The van der Waals surface area contributed by atoms with Gasteiger partial charge in [0.2, 0.25) is 0 Å². The van der Waals surface area contributed by atoms with E-state index in [-0.39, 0.29) is 0 Å². The molecule has 2 aromatic rings. The van der Waals surface area contributed by atoms with Gasteiger partial charge in [-0.15, -0.1) is 0 Å². The Bertz CT molecular complexity index is 676. The molecule has 0 radical (unpaired) electrons. The molecule has 114 valence electrons. The van der Waals surface area contributed by atoms with Gasteiger partial charge in [-0.2, -0.15) is 5.10 Å². The van der Waals surface area contributed by atoms with Crippen molar-refractivity contribution in [2.24, 2.45) is 5.10 Å². The Balaban J connectivity index is 1.97. The van der Waals surface area contributed by atoms with E-state index in [0.717, 1.165) is 16.9 Å². The van der Waals surface area contributed by atoms with Crippen LogP contribution >= 0.6 is 23.8 Å². The molecule has 0 aliphatic heterocycles. The number of ether oxygens (including phenoxy) is 1. The normalized spacial score (nSPS) is 10.5. The fraction of sp³-hybridized carbons (Fsp3) is 0.125. The van der Waals surface area contributed by atoms with Crippen LogP contribution in [0.2, 0.25) is 5.02 Å². The van der Waals surface area contributed by atoms with E-state index in [9.17, 15) is 0 Å². The third kappa shape index (κ3) is 5.02. The largest absolute Gasteiger partial charge is 0.489 e. The number of nitrogens with one attached hydrogen (secondary N) is 2. The summed E-state index contributed by atoms with van der Waals surface area (Å²) in [5, 5.41) is 7.97. The second-order valence-corrected chi connectivity index (χ2v) is 5.22. The standard InChI is InChI=1S/C16H16ClN3OS/c1-18-16(22)20-19-10-12-5-4-7-14(9-12)21-11-13-6-2-3-8-15(13)17/h2-10H,11H2,1H3,(H2,18,20,22)/b19-10-. The lowest BCUT2D eigenvalue weighted by Crippen LogP contribution is -2.28. The van der Waals surface area contributed by atoms with E-state index >= 15 is 0 Å². The van der Waals surface area contributed by atoms with Gasteiger partial charge in [-0.25, -0.2) is 0 Å². The highest BCUT2D eigenvalue weighted by Crippen LogP contribution is 2.19. The van der Waals surface area contributed by atoms with E-state index < -0.39 is 0 Å². The van der Waals surface area contributed by atoms with Gasteiger partial charge in [-0.1, -0.05) is 41.9 Å². The van der Waals surface area contributed by atoms with Gasteiger partial charge < -0.3 is 10.1 Å². The number of nitrogens with zero attached hydrogens (tertiary/aromatic N) is 1. The van der Waals surface area contributed by atoms with Crippen molar-refractivity contribution < 1.29 is 4.74 Å². The number of hydrogen-bond donors (Lipinski definition) is 2. The minimum atomic E-state index is 0.419. The van der Waals surface area contributed by atoms with Crippen molar-refractivity contribution in [3.05, 3.63) is 64.7 Å². The first-order valence-electron chi connectivity index (χ1n) is 6.66. The van der Waals surface area contributed by atoms with E-state index in [1.807, 2.05) is 48.5 Å². The first kappa shape index (κ1) is 16.3. The van der Waals surface area contributed by atoms with Gasteiger partial charge in [0.1, 0.15) is 12.4 Å². The predicted molar refractivity (Wildman–Crippen MR) is 94.6 cm³/mol. The average Bonchev–Trinajstić information content (AvgIpc) is 2.54. The number of thiocarbonyl (C=S) groups is 1. The number of hydrogen-bond acceptors (Lipinski definition) is 3. The van der Waals surface area contributed by atoms with Crippen LogP contribution in [0.4, 0.5) is 0 Å². The van der Waals surface area contributed by atoms with Crippen LogP contribution in [0.25, 0.3) is 0 Å². The van der Waals surface area contributed by atoms with Crippen molar-refractivity contribution in [1.29, 1.82) is 0 Å². The van der Waals surface area contributed by atoms with Crippen LogP contribution < -0.4 is 15.5 Å². The zero-order valence-electron chi connectivity index (χ0n) is 12.0. The summed E-state index contributed by atoms with van der Waals surface area (Å²) in [5.74, 6) is 0.750. The first-order chi connectivity index (χ1) is 10.7. The molecule has 0 aliphatic carbocycles. The van der Waals surface area contributed by atoms with Gasteiger partial charge in [0.25, 0.3) is 0 Å². The molecule has 0 bridgehead atoms. The molecule has 0 atom stereocenters. The Kier molecular flexibility index (Phi) is 6.18. The maximum Gasteiger partial charge on any atom is 0.186 e. The van der Waals surface area contributed by atoms with Gasteiger partial charge in [0.05, 0.1) is 6.21 Å². The number of hydrazone groups is 1. The predicted octanol–water partition coefficient (Wildman–Crippen LogP) is 3.35. The second kappa shape index (κ2) is 8.36. The van der Waals surface area contributed by atoms with Crippen LogP contribution in [-0.2, 0) is 6.61 Å². The summed E-state index contributed by atoms with van der Waals surface area (Å²) in [5.41, 5.74) is 4.55. The number of rotatable bonds is 5. The van der Waals surface area contributed by atoms with Crippen molar-refractivity contribution >= 4 is 35.1 Å². The van der Waals surface area contributed by atoms with Crippen LogP contribution in [0.5, 0.6) is 5.75 Å². The summed E-state index contributed by atoms with van der Waals surface area (Å²) >= 11 is 11.0. The van der Waals surface area contributed by atoms with Gasteiger partial charge in [-0.05, 0) is 36.0 Å². The van der Waals surface area contributed by atoms with Gasteiger partial charge in [0.15, 0.2) is 5.11 Å². The van der Waals surface area contributed by atoms with Crippen LogP contribution in [0.1, 0.15) is 11.1 Å². The van der Waals surface area contributed by atoms with Gasteiger partial charge >= 0.3 is 0 Å². The van der Waals surface area contributed by atoms with E-state index in [1.165, 1.54) is 0 Å². The third-order valence-corrected chi connectivity index (χ3v) is 3.48. The quantitative estimate of drug-likeness (QED) is 0.500. The zero-order chi connectivity index (χ0) is 15.8. The second-order valence-electron chi connectivity index (χ2n) is 4.40. The molecule has 0 aliphatic rings. The van der Waals surface area contributed by atoms with Crippen molar-refractivity contribution in [3.8, 4) is 5.75 Å². The van der Waals surface area contributed by atoms with Crippen LogP contribution in [0.15, 0.2) is 53.6 Å². The Morgan fingerprint density at radius 2 is 2.09 bits per heavy atom. The maximum absolute atomic E-state index is 6.11. The molecule has 0 saturated heterocycles. The Morgan fingerprint density at radius 1 is 1.27 bits per heavy atom. The van der Waals surface area contributed by atoms with E-state index in [1.54, 1.807) is 13.3 Å². The fourth-order valence-electron chi connectivity index (χ4n) is 1.68. The van der Waals surface area contributed by atoms with E-state index in [4.69, 9.17) is 28.6 Å². The molecule has 0 aromatic heterocycles. The molecule has 0 spiro atoms. The van der Waals surface area contributed by atoms with E-state index in [0.29, 0.717) is 16.7 Å². The van der Waals surface area contributed by atoms with Gasteiger partial charge in [-0.3, -0.25) is 5.43 Å². The molecule has 0 saturated carbocycles. The Labute approximate surface area is 140 Å². The molecule has 0 heterocycles. The molecular formula is C16H16ClN3OS. The molecule has 6 heteroatoms. The maximum atomic E-state index is 6.11. The minimum absolute atomic E-state index is 0.419. The van der Waals surface area contributed by atoms with Crippen LogP contribution in [0, 0.1) is 0 Å². The molecule has 0 amide bonds. The molecule has 22 heavy (non-hydrogen) atoms. The van der Waals surface area contributed by atoms with Crippen LogP contribution in [-0.4, -0.2) is 18.4 Å². The minimum Gasteiger partial charge on any atom is -0.489 e. The smallest absolute Gasteiger partial charge is 0.186 e. The summed E-state index contributed by atoms with van der Waals surface area (Å²) < 4.78 is 5.76. The lowest BCUT2D eigenvalue weighted by molar-refractivity contribution is 0.306. The molecular weight excluding hydrogens is 318 g/mol.